The lowest BCUT2D eigenvalue weighted by Gasteiger charge is -2.07. The monoisotopic (exact) mass is 263 g/mol. The van der Waals surface area contributed by atoms with E-state index in [0.29, 0.717) is 12.4 Å². The lowest BCUT2D eigenvalue weighted by molar-refractivity contribution is -0.118. The van der Waals surface area contributed by atoms with Gasteiger partial charge in [0.15, 0.2) is 6.61 Å². The van der Waals surface area contributed by atoms with Crippen molar-refractivity contribution in [3.63, 3.8) is 0 Å². The molecule has 1 heterocycles. The van der Waals surface area contributed by atoms with Gasteiger partial charge in [0.1, 0.15) is 11.5 Å². The van der Waals surface area contributed by atoms with Crippen LogP contribution in [-0.2, 0) is 4.79 Å². The summed E-state index contributed by atoms with van der Waals surface area (Å²) < 4.78 is 10.6. The number of tetrazole rings is 1. The number of nitrogens with one attached hydrogen (secondary N) is 2. The maximum atomic E-state index is 11.5. The molecule has 0 aliphatic carbocycles. The van der Waals surface area contributed by atoms with Crippen molar-refractivity contribution >= 4 is 11.9 Å². The second-order valence-corrected chi connectivity index (χ2v) is 3.48. The van der Waals surface area contributed by atoms with Crippen LogP contribution in [0.1, 0.15) is 6.92 Å². The summed E-state index contributed by atoms with van der Waals surface area (Å²) in [5, 5.41) is 15.1. The minimum atomic E-state index is -0.365. The summed E-state index contributed by atoms with van der Waals surface area (Å²) in [6, 6.07) is 7.01. The fourth-order valence-electron chi connectivity index (χ4n) is 1.32. The van der Waals surface area contributed by atoms with E-state index in [1.807, 2.05) is 6.92 Å². The molecular weight excluding hydrogens is 250 g/mol. The van der Waals surface area contributed by atoms with E-state index in [1.54, 1.807) is 24.3 Å². The Morgan fingerprint density at radius 3 is 2.53 bits per heavy atom. The number of aromatic nitrogens is 4. The molecule has 2 N–H and O–H groups in total. The molecular formula is C11H13N5O3. The minimum absolute atomic E-state index is 0.111. The Morgan fingerprint density at radius 1 is 1.26 bits per heavy atom. The van der Waals surface area contributed by atoms with Gasteiger partial charge in [-0.2, -0.15) is 5.21 Å². The summed E-state index contributed by atoms with van der Waals surface area (Å²) in [6.07, 6.45) is 0. The Hall–Kier alpha value is -2.64. The Kier molecular flexibility index (Phi) is 4.27. The van der Waals surface area contributed by atoms with Crippen molar-refractivity contribution in [1.29, 1.82) is 0 Å². The fraction of sp³-hybridized carbons (Fsp3) is 0.273. The number of amides is 1. The standard InChI is InChI=1S/C11H13N5O3/c1-2-18-8-3-5-9(6-4-8)19-7-10(17)12-11-13-15-16-14-11/h3-6H,2,7H2,1H3,(H2,12,13,14,15,16,17). The van der Waals surface area contributed by atoms with Crippen molar-refractivity contribution in [1.82, 2.24) is 20.6 Å². The van der Waals surface area contributed by atoms with Crippen molar-refractivity contribution in [2.75, 3.05) is 18.5 Å². The van der Waals surface area contributed by atoms with Crippen molar-refractivity contribution in [2.24, 2.45) is 0 Å². The van der Waals surface area contributed by atoms with Crippen LogP contribution < -0.4 is 14.8 Å². The number of hydrogen-bond donors (Lipinski definition) is 2. The quantitative estimate of drug-likeness (QED) is 0.792. The maximum Gasteiger partial charge on any atom is 0.269 e. The first-order valence-corrected chi connectivity index (χ1v) is 5.67. The van der Waals surface area contributed by atoms with Crippen LogP contribution in [0.25, 0.3) is 0 Å². The summed E-state index contributed by atoms with van der Waals surface area (Å²) in [5.74, 6) is 1.08. The van der Waals surface area contributed by atoms with E-state index in [1.165, 1.54) is 0 Å². The lowest BCUT2D eigenvalue weighted by atomic mass is 10.3. The van der Waals surface area contributed by atoms with Gasteiger partial charge in [-0.25, -0.2) is 0 Å². The molecule has 0 saturated heterocycles. The van der Waals surface area contributed by atoms with Crippen LogP contribution >= 0.6 is 0 Å². The SMILES string of the molecule is CCOc1ccc(OCC(=O)Nc2nn[nH]n2)cc1. The number of carbonyl (C=O) groups excluding carboxylic acids is 1. The summed E-state index contributed by atoms with van der Waals surface area (Å²) in [4.78, 5) is 11.5. The molecule has 0 radical (unpaired) electrons. The molecule has 0 aliphatic heterocycles. The molecule has 100 valence electrons. The topological polar surface area (TPSA) is 102 Å². The molecule has 0 saturated carbocycles. The van der Waals surface area contributed by atoms with E-state index < -0.39 is 0 Å². The van der Waals surface area contributed by atoms with Crippen LogP contribution in [0.4, 0.5) is 5.95 Å². The number of anilines is 1. The molecule has 0 atom stereocenters. The van der Waals surface area contributed by atoms with E-state index in [2.05, 4.69) is 25.9 Å². The average molecular weight is 263 g/mol. The predicted octanol–water partition coefficient (Wildman–Crippen LogP) is 0.616. The first kappa shape index (κ1) is 12.8. The molecule has 2 aromatic rings. The van der Waals surface area contributed by atoms with Crippen LogP contribution in [0.2, 0.25) is 0 Å². The zero-order valence-electron chi connectivity index (χ0n) is 10.3. The van der Waals surface area contributed by atoms with Crippen LogP contribution in [-0.4, -0.2) is 39.7 Å². The first-order chi connectivity index (χ1) is 9.28. The Bertz CT molecular complexity index is 512. The second kappa shape index (κ2) is 6.34. The van der Waals surface area contributed by atoms with E-state index in [4.69, 9.17) is 9.47 Å². The molecule has 8 nitrogen and oxygen atoms in total. The van der Waals surface area contributed by atoms with Gasteiger partial charge in [0, 0.05) is 0 Å². The van der Waals surface area contributed by atoms with Crippen LogP contribution in [0.3, 0.4) is 0 Å². The third-order valence-corrected chi connectivity index (χ3v) is 2.10. The van der Waals surface area contributed by atoms with Gasteiger partial charge < -0.3 is 9.47 Å². The summed E-state index contributed by atoms with van der Waals surface area (Å²) in [5.41, 5.74) is 0. The van der Waals surface area contributed by atoms with Gasteiger partial charge >= 0.3 is 0 Å². The molecule has 0 bridgehead atoms. The van der Waals surface area contributed by atoms with Gasteiger partial charge in [-0.1, -0.05) is 5.10 Å². The fourth-order valence-corrected chi connectivity index (χ4v) is 1.32. The third-order valence-electron chi connectivity index (χ3n) is 2.10. The smallest absolute Gasteiger partial charge is 0.269 e. The highest BCUT2D eigenvalue weighted by molar-refractivity contribution is 5.90. The van der Waals surface area contributed by atoms with E-state index in [-0.39, 0.29) is 18.5 Å². The highest BCUT2D eigenvalue weighted by Crippen LogP contribution is 2.17. The summed E-state index contributed by atoms with van der Waals surface area (Å²) in [6.45, 7) is 2.38. The third kappa shape index (κ3) is 3.95. The average Bonchev–Trinajstić information content (AvgIpc) is 2.91. The number of nitrogens with zero attached hydrogens (tertiary/aromatic N) is 3. The molecule has 0 fully saturated rings. The number of hydrogen-bond acceptors (Lipinski definition) is 6. The molecule has 1 amide bonds. The van der Waals surface area contributed by atoms with Crippen LogP contribution in [0.5, 0.6) is 11.5 Å². The van der Waals surface area contributed by atoms with Gasteiger partial charge in [0.25, 0.3) is 11.9 Å². The zero-order valence-corrected chi connectivity index (χ0v) is 10.3. The van der Waals surface area contributed by atoms with Crippen molar-refractivity contribution in [2.45, 2.75) is 6.92 Å². The van der Waals surface area contributed by atoms with Crippen molar-refractivity contribution in [3.8, 4) is 11.5 Å². The number of aromatic amines is 1. The Balaban J connectivity index is 1.79. The molecule has 1 aromatic carbocycles. The normalized spacial score (nSPS) is 9.95. The molecule has 0 aliphatic rings. The largest absolute Gasteiger partial charge is 0.494 e. The lowest BCUT2D eigenvalue weighted by Crippen LogP contribution is -2.20. The summed E-state index contributed by atoms with van der Waals surface area (Å²) >= 11 is 0. The van der Waals surface area contributed by atoms with Crippen molar-refractivity contribution < 1.29 is 14.3 Å². The first-order valence-electron chi connectivity index (χ1n) is 5.67. The van der Waals surface area contributed by atoms with E-state index in [9.17, 15) is 4.79 Å². The van der Waals surface area contributed by atoms with E-state index in [0.717, 1.165) is 5.75 Å². The Labute approximate surface area is 109 Å². The highest BCUT2D eigenvalue weighted by Gasteiger charge is 2.06. The number of H-pyrrole nitrogens is 1. The van der Waals surface area contributed by atoms with Crippen LogP contribution in [0.15, 0.2) is 24.3 Å². The predicted molar refractivity (Wildman–Crippen MR) is 65.9 cm³/mol. The number of benzene rings is 1. The van der Waals surface area contributed by atoms with E-state index >= 15 is 0 Å². The molecule has 8 heteroatoms. The van der Waals surface area contributed by atoms with Gasteiger partial charge in [-0.05, 0) is 36.4 Å². The number of carbonyl (C=O) groups is 1. The van der Waals surface area contributed by atoms with Gasteiger partial charge in [0.2, 0.25) is 0 Å². The second-order valence-electron chi connectivity index (χ2n) is 3.48. The highest BCUT2D eigenvalue weighted by atomic mass is 16.5. The molecule has 0 unspecified atom stereocenters. The zero-order chi connectivity index (χ0) is 13.5. The van der Waals surface area contributed by atoms with Crippen LogP contribution in [0, 0.1) is 0 Å². The van der Waals surface area contributed by atoms with Gasteiger partial charge in [0.05, 0.1) is 6.61 Å². The number of ether oxygens (including phenoxy) is 2. The van der Waals surface area contributed by atoms with Gasteiger partial charge in [-0.15, -0.1) is 5.10 Å². The summed E-state index contributed by atoms with van der Waals surface area (Å²) in [7, 11) is 0. The van der Waals surface area contributed by atoms with Gasteiger partial charge in [-0.3, -0.25) is 10.1 Å². The number of rotatable bonds is 6. The molecule has 1 aromatic heterocycles. The molecule has 19 heavy (non-hydrogen) atoms. The minimum Gasteiger partial charge on any atom is -0.494 e. The molecule has 2 rings (SSSR count). The maximum absolute atomic E-state index is 11.5. The Morgan fingerprint density at radius 2 is 1.95 bits per heavy atom. The van der Waals surface area contributed by atoms with Crippen molar-refractivity contribution in [3.05, 3.63) is 24.3 Å². The molecule has 0 spiro atoms.